The van der Waals surface area contributed by atoms with Gasteiger partial charge in [-0.2, -0.15) is 0 Å². The number of aryl methyl sites for hydroxylation is 1. The van der Waals surface area contributed by atoms with E-state index in [1.54, 1.807) is 12.1 Å². The van der Waals surface area contributed by atoms with E-state index in [0.29, 0.717) is 0 Å². The molecule has 0 saturated heterocycles. The molecule has 1 radical (unpaired) electrons. The first kappa shape index (κ1) is 7.13. The van der Waals surface area contributed by atoms with Gasteiger partial charge in [-0.05, 0) is 18.1 Å². The predicted molar refractivity (Wildman–Crippen MR) is 40.9 cm³/mol. The summed E-state index contributed by atoms with van der Waals surface area (Å²) in [5.74, 6) is 0.242. The summed E-state index contributed by atoms with van der Waals surface area (Å²) in [5, 5.41) is 8.98. The molecule has 0 aliphatic heterocycles. The number of rotatable bonds is 2. The van der Waals surface area contributed by atoms with Crippen LogP contribution < -0.4 is 0 Å². The number of hydrogen-bond donors (Lipinski definition) is 1. The summed E-state index contributed by atoms with van der Waals surface area (Å²) in [4.78, 5) is 0. The summed E-state index contributed by atoms with van der Waals surface area (Å²) in [7, 11) is 0. The fourth-order valence-electron chi connectivity index (χ4n) is 0.944. The van der Waals surface area contributed by atoms with Crippen LogP contribution in [0.4, 0.5) is 0 Å². The van der Waals surface area contributed by atoms with Crippen molar-refractivity contribution < 1.29 is 5.11 Å². The molecule has 0 saturated carbocycles. The maximum absolute atomic E-state index is 8.98. The summed E-state index contributed by atoms with van der Waals surface area (Å²) < 4.78 is 0. The largest absolute Gasteiger partial charge is 0.507 e. The first-order chi connectivity index (χ1) is 4.83. The molecule has 0 bridgehead atoms. The minimum absolute atomic E-state index is 0.242. The number of phenolic OH excluding ortho intramolecular Hbond substituents is 1. The molecule has 0 fully saturated rings. The number of phenols is 1. The van der Waals surface area contributed by atoms with E-state index in [1.165, 1.54) is 5.56 Å². The molecule has 1 heteroatoms. The van der Waals surface area contributed by atoms with Gasteiger partial charge in [0.25, 0.3) is 0 Å². The van der Waals surface area contributed by atoms with Crippen molar-refractivity contribution in [3.8, 4) is 5.75 Å². The lowest BCUT2D eigenvalue weighted by atomic mass is 10.1. The zero-order chi connectivity index (χ0) is 7.40. The van der Waals surface area contributed by atoms with Crippen molar-refractivity contribution in [2.24, 2.45) is 0 Å². The molecule has 0 aromatic heterocycles. The minimum atomic E-state index is 0.242. The van der Waals surface area contributed by atoms with E-state index in [1.807, 2.05) is 6.07 Å². The molecule has 0 aliphatic carbocycles. The Bertz CT molecular complexity index is 206. The lowest BCUT2D eigenvalue weighted by Gasteiger charge is -1.96. The Balaban J connectivity index is 2.75. The highest BCUT2D eigenvalue weighted by atomic mass is 16.3. The van der Waals surface area contributed by atoms with E-state index in [0.717, 1.165) is 12.8 Å². The lowest BCUT2D eigenvalue weighted by molar-refractivity contribution is 0.473. The zero-order valence-corrected chi connectivity index (χ0v) is 6.09. The molecule has 0 amide bonds. The Kier molecular flexibility index (Phi) is 2.32. The highest BCUT2D eigenvalue weighted by Gasteiger charge is 1.91. The van der Waals surface area contributed by atoms with E-state index in [9.17, 15) is 0 Å². The molecular weight excluding hydrogens is 124 g/mol. The summed E-state index contributed by atoms with van der Waals surface area (Å²) in [5.41, 5.74) is 1.18. The molecule has 53 valence electrons. The van der Waals surface area contributed by atoms with Crippen LogP contribution in [0.15, 0.2) is 18.2 Å². The van der Waals surface area contributed by atoms with Gasteiger partial charge in [-0.15, -0.1) is 0 Å². The van der Waals surface area contributed by atoms with E-state index in [-0.39, 0.29) is 5.75 Å². The summed E-state index contributed by atoms with van der Waals surface area (Å²) in [6.45, 7) is 2.12. The first-order valence-corrected chi connectivity index (χ1v) is 3.52. The van der Waals surface area contributed by atoms with E-state index >= 15 is 0 Å². The van der Waals surface area contributed by atoms with Crippen LogP contribution in [0.3, 0.4) is 0 Å². The highest BCUT2D eigenvalue weighted by Crippen LogP contribution is 2.10. The van der Waals surface area contributed by atoms with Crippen molar-refractivity contribution in [1.82, 2.24) is 0 Å². The van der Waals surface area contributed by atoms with Crippen LogP contribution in [0.1, 0.15) is 18.9 Å². The second-order valence-corrected chi connectivity index (χ2v) is 2.33. The quantitative estimate of drug-likeness (QED) is 0.658. The molecular formula is C9H11O. The molecule has 1 N–H and O–H groups in total. The van der Waals surface area contributed by atoms with Crippen LogP contribution in [-0.2, 0) is 6.42 Å². The second kappa shape index (κ2) is 3.25. The third kappa shape index (κ3) is 1.76. The topological polar surface area (TPSA) is 20.2 Å². The van der Waals surface area contributed by atoms with Gasteiger partial charge >= 0.3 is 0 Å². The van der Waals surface area contributed by atoms with E-state index in [2.05, 4.69) is 13.0 Å². The van der Waals surface area contributed by atoms with E-state index < -0.39 is 0 Å². The summed E-state index contributed by atoms with van der Waals surface area (Å²) in [6.07, 6.45) is 2.14. The Morgan fingerprint density at radius 1 is 1.60 bits per heavy atom. The van der Waals surface area contributed by atoms with Gasteiger partial charge in [0, 0.05) is 6.07 Å². The fourth-order valence-corrected chi connectivity index (χ4v) is 0.944. The van der Waals surface area contributed by atoms with Gasteiger partial charge in [0.2, 0.25) is 0 Å². The molecule has 0 atom stereocenters. The number of aromatic hydroxyl groups is 1. The molecule has 0 spiro atoms. The summed E-state index contributed by atoms with van der Waals surface area (Å²) in [6, 6.07) is 8.16. The lowest BCUT2D eigenvalue weighted by Crippen LogP contribution is -1.80. The third-order valence-corrected chi connectivity index (χ3v) is 1.39. The Morgan fingerprint density at radius 3 is 3.00 bits per heavy atom. The van der Waals surface area contributed by atoms with Crippen molar-refractivity contribution in [3.05, 3.63) is 29.8 Å². The van der Waals surface area contributed by atoms with Crippen LogP contribution in [0.2, 0.25) is 0 Å². The zero-order valence-electron chi connectivity index (χ0n) is 6.09. The van der Waals surface area contributed by atoms with Gasteiger partial charge < -0.3 is 5.11 Å². The monoisotopic (exact) mass is 135 g/mol. The van der Waals surface area contributed by atoms with Crippen molar-refractivity contribution in [1.29, 1.82) is 0 Å². The first-order valence-electron chi connectivity index (χ1n) is 3.52. The fraction of sp³-hybridized carbons (Fsp3) is 0.333. The van der Waals surface area contributed by atoms with Crippen LogP contribution in [-0.4, -0.2) is 5.11 Å². The average molecular weight is 135 g/mol. The van der Waals surface area contributed by atoms with Gasteiger partial charge in [0.1, 0.15) is 5.75 Å². The van der Waals surface area contributed by atoms with Gasteiger partial charge in [-0.1, -0.05) is 25.5 Å². The minimum Gasteiger partial charge on any atom is -0.507 e. The Labute approximate surface area is 61.3 Å². The second-order valence-electron chi connectivity index (χ2n) is 2.33. The molecule has 1 rings (SSSR count). The Hall–Kier alpha value is -0.980. The van der Waals surface area contributed by atoms with Gasteiger partial charge in [-0.25, -0.2) is 0 Å². The van der Waals surface area contributed by atoms with Crippen molar-refractivity contribution in [2.75, 3.05) is 0 Å². The third-order valence-electron chi connectivity index (χ3n) is 1.39. The smallest absolute Gasteiger partial charge is 0.123 e. The van der Waals surface area contributed by atoms with Crippen molar-refractivity contribution >= 4 is 0 Å². The Morgan fingerprint density at radius 2 is 2.40 bits per heavy atom. The van der Waals surface area contributed by atoms with Crippen LogP contribution in [0, 0.1) is 6.07 Å². The maximum Gasteiger partial charge on any atom is 0.123 e. The van der Waals surface area contributed by atoms with Crippen molar-refractivity contribution in [3.63, 3.8) is 0 Å². The molecule has 10 heavy (non-hydrogen) atoms. The normalized spacial score (nSPS) is 9.70. The molecule has 1 nitrogen and oxygen atoms in total. The highest BCUT2D eigenvalue weighted by molar-refractivity contribution is 5.25. The van der Waals surface area contributed by atoms with Crippen LogP contribution in [0.25, 0.3) is 0 Å². The van der Waals surface area contributed by atoms with Gasteiger partial charge in [-0.3, -0.25) is 0 Å². The summed E-state index contributed by atoms with van der Waals surface area (Å²) >= 11 is 0. The molecule has 1 aromatic carbocycles. The molecule has 1 aromatic rings. The van der Waals surface area contributed by atoms with Gasteiger partial charge in [0.15, 0.2) is 0 Å². The number of hydrogen-bond acceptors (Lipinski definition) is 1. The standard InChI is InChI=1S/C9H11O/c1-2-4-8-5-3-6-9(10)7-8/h3,5,7,10H,2,4H2,1H3. The number of benzene rings is 1. The molecule has 0 aliphatic rings. The van der Waals surface area contributed by atoms with Gasteiger partial charge in [0.05, 0.1) is 0 Å². The predicted octanol–water partition coefficient (Wildman–Crippen LogP) is 2.14. The molecule has 0 unspecified atom stereocenters. The van der Waals surface area contributed by atoms with Crippen molar-refractivity contribution in [2.45, 2.75) is 19.8 Å². The van der Waals surface area contributed by atoms with Crippen LogP contribution in [0.5, 0.6) is 5.75 Å². The van der Waals surface area contributed by atoms with E-state index in [4.69, 9.17) is 5.11 Å². The molecule has 0 heterocycles. The SMILES string of the molecule is CCCc1cc[c]c(O)c1. The van der Waals surface area contributed by atoms with Crippen LogP contribution >= 0.6 is 0 Å². The average Bonchev–Trinajstić information content (AvgIpc) is 1.88. The maximum atomic E-state index is 8.98.